The van der Waals surface area contributed by atoms with Crippen LogP contribution in [-0.2, 0) is 0 Å². The largest absolute Gasteiger partial charge is 0.353 e. The number of para-hydroxylation sites is 1. The molecule has 0 saturated heterocycles. The van der Waals surface area contributed by atoms with Crippen LogP contribution in [0.5, 0.6) is 0 Å². The number of amides is 1. The third kappa shape index (κ3) is 2.54. The number of hydrogen-bond donors (Lipinski definition) is 3. The molecule has 0 saturated carbocycles. The second-order valence-electron chi connectivity index (χ2n) is 5.46. The van der Waals surface area contributed by atoms with Crippen LogP contribution >= 0.6 is 11.8 Å². The molecule has 1 amide bonds. The van der Waals surface area contributed by atoms with Crippen LogP contribution in [0.2, 0.25) is 0 Å². The first-order valence-corrected chi connectivity index (χ1v) is 8.36. The summed E-state index contributed by atoms with van der Waals surface area (Å²) in [5.74, 6) is 5.03. The van der Waals surface area contributed by atoms with Crippen molar-refractivity contribution in [1.82, 2.24) is 5.43 Å². The summed E-state index contributed by atoms with van der Waals surface area (Å²) in [6.07, 6.45) is 0. The Labute approximate surface area is 144 Å². The fraction of sp³-hybridized carbons (Fsp3) is 0. The van der Waals surface area contributed by atoms with Crippen molar-refractivity contribution in [2.75, 3.05) is 5.32 Å². The van der Waals surface area contributed by atoms with Crippen LogP contribution in [0.15, 0.2) is 76.5 Å². The lowest BCUT2D eigenvalue weighted by Crippen LogP contribution is -2.30. The van der Waals surface area contributed by atoms with E-state index in [2.05, 4.69) is 22.9 Å². The molecule has 0 unspecified atom stereocenters. The van der Waals surface area contributed by atoms with Crippen molar-refractivity contribution in [2.24, 2.45) is 5.84 Å². The number of nitrogen functional groups attached to an aromatic ring is 1. The Kier molecular flexibility index (Phi) is 3.72. The van der Waals surface area contributed by atoms with Gasteiger partial charge in [0.1, 0.15) is 0 Å². The Hall–Kier alpha value is -2.76. The van der Waals surface area contributed by atoms with E-state index in [9.17, 15) is 4.79 Å². The van der Waals surface area contributed by atoms with Crippen LogP contribution in [-0.4, -0.2) is 5.91 Å². The smallest absolute Gasteiger partial charge is 0.265 e. The summed E-state index contributed by atoms with van der Waals surface area (Å²) >= 11 is 1.65. The van der Waals surface area contributed by atoms with E-state index in [0.717, 1.165) is 32.3 Å². The molecule has 4 rings (SSSR count). The van der Waals surface area contributed by atoms with Gasteiger partial charge >= 0.3 is 0 Å². The zero-order chi connectivity index (χ0) is 16.5. The first-order chi connectivity index (χ1) is 11.8. The predicted octanol–water partition coefficient (Wildman–Crippen LogP) is 4.17. The maximum Gasteiger partial charge on any atom is 0.265 e. The maximum absolute atomic E-state index is 12.1. The van der Waals surface area contributed by atoms with Crippen LogP contribution in [0.25, 0.3) is 11.1 Å². The number of carbonyl (C=O) groups excluding carboxylic acids is 1. The summed E-state index contributed by atoms with van der Waals surface area (Å²) in [5, 5.41) is 3.51. The molecule has 0 fully saturated rings. The monoisotopic (exact) mass is 333 g/mol. The molecule has 1 aliphatic heterocycles. The summed E-state index contributed by atoms with van der Waals surface area (Å²) in [4.78, 5) is 14.2. The SMILES string of the molecule is NNC(=O)c1cc2c(c(-c3ccccc3)c1)Nc1ccccc1S2. The zero-order valence-electron chi connectivity index (χ0n) is 12.7. The number of rotatable bonds is 2. The van der Waals surface area contributed by atoms with Gasteiger partial charge in [0.25, 0.3) is 5.91 Å². The Bertz CT molecular complexity index is 925. The van der Waals surface area contributed by atoms with Gasteiger partial charge in [0, 0.05) is 20.9 Å². The number of fused-ring (bicyclic) bond motifs is 2. The normalized spacial score (nSPS) is 11.9. The van der Waals surface area contributed by atoms with E-state index in [1.165, 1.54) is 0 Å². The molecule has 0 bridgehead atoms. The quantitative estimate of drug-likeness (QED) is 0.293. The summed E-state index contributed by atoms with van der Waals surface area (Å²) in [6, 6.07) is 21.9. The van der Waals surface area contributed by atoms with E-state index < -0.39 is 0 Å². The Morgan fingerprint density at radius 1 is 0.958 bits per heavy atom. The Morgan fingerprint density at radius 3 is 2.50 bits per heavy atom. The molecule has 5 heteroatoms. The van der Waals surface area contributed by atoms with Gasteiger partial charge in [0.05, 0.1) is 11.4 Å². The van der Waals surface area contributed by atoms with Gasteiger partial charge in [0.15, 0.2) is 0 Å². The van der Waals surface area contributed by atoms with Gasteiger partial charge in [-0.2, -0.15) is 0 Å². The van der Waals surface area contributed by atoms with Crippen molar-refractivity contribution in [3.63, 3.8) is 0 Å². The average molecular weight is 333 g/mol. The highest BCUT2D eigenvalue weighted by molar-refractivity contribution is 7.99. The molecular weight excluding hydrogens is 318 g/mol. The highest BCUT2D eigenvalue weighted by Gasteiger charge is 2.21. The molecule has 4 N–H and O–H groups in total. The molecule has 24 heavy (non-hydrogen) atoms. The second-order valence-corrected chi connectivity index (χ2v) is 6.54. The van der Waals surface area contributed by atoms with Crippen LogP contribution in [0.3, 0.4) is 0 Å². The van der Waals surface area contributed by atoms with Gasteiger partial charge in [-0.15, -0.1) is 0 Å². The highest BCUT2D eigenvalue weighted by Crippen LogP contribution is 2.48. The lowest BCUT2D eigenvalue weighted by atomic mass is 10.00. The predicted molar refractivity (Wildman–Crippen MR) is 97.4 cm³/mol. The van der Waals surface area contributed by atoms with Crippen LogP contribution in [0.4, 0.5) is 11.4 Å². The van der Waals surface area contributed by atoms with Gasteiger partial charge in [-0.1, -0.05) is 54.2 Å². The van der Waals surface area contributed by atoms with Crippen molar-refractivity contribution in [1.29, 1.82) is 0 Å². The van der Waals surface area contributed by atoms with Crippen LogP contribution < -0.4 is 16.6 Å². The van der Waals surface area contributed by atoms with Crippen molar-refractivity contribution in [3.8, 4) is 11.1 Å². The van der Waals surface area contributed by atoms with E-state index in [0.29, 0.717) is 5.56 Å². The number of nitrogens with one attached hydrogen (secondary N) is 2. The molecule has 3 aromatic carbocycles. The Balaban J connectivity index is 1.92. The van der Waals surface area contributed by atoms with Crippen molar-refractivity contribution in [3.05, 3.63) is 72.3 Å². The topological polar surface area (TPSA) is 67.1 Å². The van der Waals surface area contributed by atoms with E-state index in [1.807, 2.05) is 54.6 Å². The number of benzene rings is 3. The number of hydrazine groups is 1. The van der Waals surface area contributed by atoms with Crippen molar-refractivity contribution >= 4 is 29.0 Å². The average Bonchev–Trinajstić information content (AvgIpc) is 2.65. The first-order valence-electron chi connectivity index (χ1n) is 7.54. The molecule has 0 radical (unpaired) electrons. The maximum atomic E-state index is 12.1. The minimum atomic E-state index is -0.297. The van der Waals surface area contributed by atoms with E-state index in [-0.39, 0.29) is 5.91 Å². The summed E-state index contributed by atoms with van der Waals surface area (Å²) in [5.41, 5.74) is 6.88. The fourth-order valence-electron chi connectivity index (χ4n) is 2.80. The number of anilines is 2. The number of nitrogens with two attached hydrogens (primary N) is 1. The second kappa shape index (κ2) is 6.03. The molecule has 4 nitrogen and oxygen atoms in total. The number of carbonyl (C=O) groups is 1. The molecule has 3 aromatic rings. The van der Waals surface area contributed by atoms with Crippen LogP contribution in [0.1, 0.15) is 10.4 Å². The summed E-state index contributed by atoms with van der Waals surface area (Å²) in [7, 11) is 0. The van der Waals surface area contributed by atoms with Crippen molar-refractivity contribution < 1.29 is 4.79 Å². The lowest BCUT2D eigenvalue weighted by Gasteiger charge is -2.24. The van der Waals surface area contributed by atoms with E-state index in [4.69, 9.17) is 5.84 Å². The molecule has 118 valence electrons. The molecule has 1 aliphatic rings. The van der Waals surface area contributed by atoms with Gasteiger partial charge in [-0.3, -0.25) is 10.2 Å². The molecule has 0 aromatic heterocycles. The minimum Gasteiger partial charge on any atom is -0.353 e. The van der Waals surface area contributed by atoms with E-state index in [1.54, 1.807) is 11.8 Å². The molecule has 0 spiro atoms. The third-order valence-electron chi connectivity index (χ3n) is 3.95. The first kappa shape index (κ1) is 14.8. The zero-order valence-corrected chi connectivity index (χ0v) is 13.6. The van der Waals surface area contributed by atoms with Crippen LogP contribution in [0, 0.1) is 0 Å². The highest BCUT2D eigenvalue weighted by atomic mass is 32.2. The van der Waals surface area contributed by atoms with Gasteiger partial charge in [0.2, 0.25) is 0 Å². The number of hydrogen-bond acceptors (Lipinski definition) is 4. The minimum absolute atomic E-state index is 0.297. The molecule has 1 heterocycles. The summed E-state index contributed by atoms with van der Waals surface area (Å²) < 4.78 is 0. The fourth-order valence-corrected chi connectivity index (χ4v) is 3.86. The lowest BCUT2D eigenvalue weighted by molar-refractivity contribution is 0.0953. The molecular formula is C19H15N3OS. The van der Waals surface area contributed by atoms with E-state index >= 15 is 0 Å². The van der Waals surface area contributed by atoms with Gasteiger partial charge in [-0.05, 0) is 29.8 Å². The van der Waals surface area contributed by atoms with Gasteiger partial charge in [-0.25, -0.2) is 5.84 Å². The standard InChI is InChI=1S/C19H15N3OS/c20-22-19(23)13-10-14(12-6-2-1-3-7-12)18-17(11-13)24-16-9-5-4-8-15(16)21-18/h1-11,21H,20H2,(H,22,23). The molecule has 0 aliphatic carbocycles. The van der Waals surface area contributed by atoms with Crippen molar-refractivity contribution in [2.45, 2.75) is 9.79 Å². The van der Waals surface area contributed by atoms with Gasteiger partial charge < -0.3 is 5.32 Å². The summed E-state index contributed by atoms with van der Waals surface area (Å²) in [6.45, 7) is 0. The Morgan fingerprint density at radius 2 is 1.71 bits per heavy atom. The molecule has 0 atom stereocenters. The third-order valence-corrected chi connectivity index (χ3v) is 5.06.